The molecule has 0 unspecified atom stereocenters. The Hall–Kier alpha value is -2.44. The van der Waals surface area contributed by atoms with Gasteiger partial charge in [-0.25, -0.2) is 0 Å². The number of aryl methyl sites for hydroxylation is 1. The van der Waals surface area contributed by atoms with E-state index in [1.165, 1.54) is 17.0 Å². The molecule has 1 aromatic carbocycles. The van der Waals surface area contributed by atoms with Crippen LogP contribution >= 0.6 is 0 Å². The summed E-state index contributed by atoms with van der Waals surface area (Å²) in [7, 11) is 0. The number of nitrogens with zero attached hydrogens (tertiary/aromatic N) is 2. The Bertz CT molecular complexity index is 578. The molecule has 1 fully saturated rings. The molecule has 7 heteroatoms. The molecule has 7 nitrogen and oxygen atoms in total. The van der Waals surface area contributed by atoms with Crippen molar-refractivity contribution in [3.05, 3.63) is 39.4 Å². The highest BCUT2D eigenvalue weighted by Crippen LogP contribution is 2.24. The van der Waals surface area contributed by atoms with E-state index in [4.69, 9.17) is 5.11 Å². The summed E-state index contributed by atoms with van der Waals surface area (Å²) >= 11 is 0. The lowest BCUT2D eigenvalue weighted by Gasteiger charge is -2.38. The molecule has 0 spiro atoms. The fraction of sp³-hybridized carbons (Fsp3) is 0.385. The van der Waals surface area contributed by atoms with E-state index in [9.17, 15) is 19.7 Å². The van der Waals surface area contributed by atoms with Crippen LogP contribution in [0.25, 0.3) is 0 Å². The van der Waals surface area contributed by atoms with Crippen molar-refractivity contribution in [2.45, 2.75) is 13.3 Å². The van der Waals surface area contributed by atoms with Crippen LogP contribution in [0.2, 0.25) is 0 Å². The van der Waals surface area contributed by atoms with Gasteiger partial charge in [-0.05, 0) is 18.6 Å². The Kier molecular flexibility index (Phi) is 3.69. The number of carbonyl (C=O) groups excluding carboxylic acids is 1. The van der Waals surface area contributed by atoms with Crippen molar-refractivity contribution in [3.8, 4) is 0 Å². The lowest BCUT2D eigenvalue weighted by molar-refractivity contribution is -0.384. The highest BCUT2D eigenvalue weighted by atomic mass is 16.6. The third kappa shape index (κ3) is 2.93. The maximum atomic E-state index is 12.1. The summed E-state index contributed by atoms with van der Waals surface area (Å²) in [6.45, 7) is 2.45. The van der Waals surface area contributed by atoms with Gasteiger partial charge < -0.3 is 10.0 Å². The van der Waals surface area contributed by atoms with E-state index in [1.54, 1.807) is 13.0 Å². The van der Waals surface area contributed by atoms with Crippen LogP contribution in [-0.4, -0.2) is 39.9 Å². The van der Waals surface area contributed by atoms with Gasteiger partial charge in [-0.1, -0.05) is 0 Å². The van der Waals surface area contributed by atoms with Gasteiger partial charge in [0.15, 0.2) is 0 Å². The van der Waals surface area contributed by atoms with Crippen molar-refractivity contribution in [2.75, 3.05) is 13.1 Å². The van der Waals surface area contributed by atoms with Gasteiger partial charge in [0.1, 0.15) is 0 Å². The number of carboxylic acid groups (broad SMARTS) is 1. The maximum Gasteiger partial charge on any atom is 0.303 e. The Morgan fingerprint density at radius 1 is 1.40 bits per heavy atom. The first-order valence-corrected chi connectivity index (χ1v) is 6.14. The Balaban J connectivity index is 2.07. The van der Waals surface area contributed by atoms with Crippen LogP contribution in [0.3, 0.4) is 0 Å². The number of carbonyl (C=O) groups is 2. The molecular formula is C13H14N2O5. The lowest BCUT2D eigenvalue weighted by atomic mass is 9.95. The zero-order valence-corrected chi connectivity index (χ0v) is 10.9. The minimum Gasteiger partial charge on any atom is -0.481 e. The molecule has 2 rings (SSSR count). The number of hydrogen-bond donors (Lipinski definition) is 1. The highest BCUT2D eigenvalue weighted by molar-refractivity contribution is 5.95. The third-order valence-electron chi connectivity index (χ3n) is 3.23. The van der Waals surface area contributed by atoms with Crippen LogP contribution < -0.4 is 0 Å². The molecule has 0 radical (unpaired) electrons. The molecule has 1 aliphatic heterocycles. The van der Waals surface area contributed by atoms with E-state index in [0.717, 1.165) is 0 Å². The van der Waals surface area contributed by atoms with Crippen molar-refractivity contribution in [3.63, 3.8) is 0 Å². The summed E-state index contributed by atoms with van der Waals surface area (Å²) in [4.78, 5) is 34.4. The minimum atomic E-state index is -0.881. The van der Waals surface area contributed by atoms with E-state index in [2.05, 4.69) is 0 Å². The highest BCUT2D eigenvalue weighted by Gasteiger charge is 2.33. The van der Waals surface area contributed by atoms with Crippen molar-refractivity contribution < 1.29 is 19.6 Å². The number of hydrogen-bond acceptors (Lipinski definition) is 4. The van der Waals surface area contributed by atoms with Crippen LogP contribution in [0.1, 0.15) is 22.3 Å². The van der Waals surface area contributed by atoms with Crippen LogP contribution in [-0.2, 0) is 4.79 Å². The number of non-ortho nitro benzene ring substituents is 1. The molecule has 0 aliphatic carbocycles. The number of likely N-dealkylation sites (tertiary alicyclic amines) is 1. The van der Waals surface area contributed by atoms with Crippen molar-refractivity contribution in [1.82, 2.24) is 4.90 Å². The van der Waals surface area contributed by atoms with E-state index in [-0.39, 0.29) is 29.5 Å². The number of carboxylic acids is 1. The molecule has 106 valence electrons. The lowest BCUT2D eigenvalue weighted by Crippen LogP contribution is -2.50. The van der Waals surface area contributed by atoms with Gasteiger partial charge in [0.05, 0.1) is 11.3 Å². The summed E-state index contributed by atoms with van der Waals surface area (Å²) in [5, 5.41) is 19.4. The quantitative estimate of drug-likeness (QED) is 0.663. The Morgan fingerprint density at radius 3 is 2.60 bits per heavy atom. The first-order valence-electron chi connectivity index (χ1n) is 6.14. The van der Waals surface area contributed by atoms with Crippen molar-refractivity contribution >= 4 is 17.6 Å². The minimum absolute atomic E-state index is 0.0313. The molecule has 0 saturated carbocycles. The van der Waals surface area contributed by atoms with E-state index in [1.807, 2.05) is 0 Å². The van der Waals surface area contributed by atoms with Gasteiger partial charge in [0.2, 0.25) is 0 Å². The first kappa shape index (κ1) is 14.0. The standard InChI is InChI=1S/C13H14N2O5/c1-8-2-10(5-11(3-8)15(19)20)13(18)14-6-9(7-14)4-12(16)17/h2-3,5,9H,4,6-7H2,1H3,(H,16,17). The van der Waals surface area contributed by atoms with E-state index < -0.39 is 10.9 Å². The maximum absolute atomic E-state index is 12.1. The van der Waals surface area contributed by atoms with Crippen LogP contribution in [0.4, 0.5) is 5.69 Å². The summed E-state index contributed by atoms with van der Waals surface area (Å²) in [5.41, 5.74) is 0.798. The molecule has 1 aromatic rings. The number of amides is 1. The SMILES string of the molecule is Cc1cc(C(=O)N2CC(CC(=O)O)C2)cc([N+](=O)[O-])c1. The van der Waals surface area contributed by atoms with Gasteiger partial charge in [-0.2, -0.15) is 0 Å². The summed E-state index contributed by atoms with van der Waals surface area (Å²) in [5.74, 6) is -1.21. The number of nitro benzene ring substituents is 1. The number of benzene rings is 1. The van der Waals surface area contributed by atoms with Crippen molar-refractivity contribution in [2.24, 2.45) is 5.92 Å². The van der Waals surface area contributed by atoms with Gasteiger partial charge in [0.25, 0.3) is 11.6 Å². The van der Waals surface area contributed by atoms with Crippen LogP contribution in [0.15, 0.2) is 18.2 Å². The monoisotopic (exact) mass is 278 g/mol. The van der Waals surface area contributed by atoms with Gasteiger partial charge in [-0.3, -0.25) is 19.7 Å². The Morgan fingerprint density at radius 2 is 2.05 bits per heavy atom. The predicted molar refractivity (Wildman–Crippen MR) is 69.5 cm³/mol. The van der Waals surface area contributed by atoms with Gasteiger partial charge >= 0.3 is 5.97 Å². The normalized spacial score (nSPS) is 14.8. The fourth-order valence-corrected chi connectivity index (χ4v) is 2.29. The first-order chi connectivity index (χ1) is 9.36. The van der Waals surface area contributed by atoms with E-state index >= 15 is 0 Å². The van der Waals surface area contributed by atoms with Crippen LogP contribution in [0.5, 0.6) is 0 Å². The largest absolute Gasteiger partial charge is 0.481 e. The second kappa shape index (κ2) is 5.28. The molecular weight excluding hydrogens is 264 g/mol. The van der Waals surface area contributed by atoms with Crippen LogP contribution in [0, 0.1) is 23.0 Å². The fourth-order valence-electron chi connectivity index (χ4n) is 2.29. The number of rotatable bonds is 4. The molecule has 20 heavy (non-hydrogen) atoms. The summed E-state index contributed by atoms with van der Waals surface area (Å²) in [6, 6.07) is 4.25. The second-order valence-electron chi connectivity index (χ2n) is 4.99. The molecule has 0 bridgehead atoms. The molecule has 0 atom stereocenters. The molecule has 1 aliphatic rings. The molecule has 1 amide bonds. The average molecular weight is 278 g/mol. The predicted octanol–water partition coefficient (Wildman–Crippen LogP) is 1.45. The molecule has 1 heterocycles. The zero-order chi connectivity index (χ0) is 14.9. The second-order valence-corrected chi connectivity index (χ2v) is 4.99. The molecule has 1 saturated heterocycles. The zero-order valence-electron chi connectivity index (χ0n) is 10.9. The number of aliphatic carboxylic acids is 1. The van der Waals surface area contributed by atoms with E-state index in [0.29, 0.717) is 18.7 Å². The molecule has 0 aromatic heterocycles. The topological polar surface area (TPSA) is 101 Å². The smallest absolute Gasteiger partial charge is 0.303 e. The van der Waals surface area contributed by atoms with Gasteiger partial charge in [-0.15, -0.1) is 0 Å². The number of nitro groups is 1. The van der Waals surface area contributed by atoms with Crippen molar-refractivity contribution in [1.29, 1.82) is 0 Å². The average Bonchev–Trinajstić information content (AvgIpc) is 2.31. The molecule has 1 N–H and O–H groups in total. The third-order valence-corrected chi connectivity index (χ3v) is 3.23. The van der Waals surface area contributed by atoms with Gasteiger partial charge in [0, 0.05) is 36.7 Å². The summed E-state index contributed by atoms with van der Waals surface area (Å²) in [6.07, 6.45) is 0.0394. The summed E-state index contributed by atoms with van der Waals surface area (Å²) < 4.78 is 0. The Labute approximate surface area is 115 Å².